The van der Waals surface area contributed by atoms with Gasteiger partial charge in [0, 0.05) is 30.4 Å². The second-order valence-electron chi connectivity index (χ2n) is 7.67. The van der Waals surface area contributed by atoms with Gasteiger partial charge in [0.05, 0.1) is 36.7 Å². The van der Waals surface area contributed by atoms with Gasteiger partial charge in [-0.15, -0.1) is 0 Å². The number of rotatable bonds is 6. The van der Waals surface area contributed by atoms with Gasteiger partial charge in [-0.3, -0.25) is 4.98 Å². The lowest BCUT2D eigenvalue weighted by Crippen LogP contribution is -2.30. The van der Waals surface area contributed by atoms with Crippen LogP contribution >= 0.6 is 23.8 Å². The third-order valence-electron chi connectivity index (χ3n) is 5.79. The van der Waals surface area contributed by atoms with Crippen LogP contribution in [0.15, 0.2) is 79.3 Å². The van der Waals surface area contributed by atoms with E-state index in [1.54, 1.807) is 26.6 Å². The Morgan fingerprint density at radius 3 is 2.59 bits per heavy atom. The fourth-order valence-corrected chi connectivity index (χ4v) is 4.70. The molecule has 0 unspecified atom stereocenters. The van der Waals surface area contributed by atoms with Crippen molar-refractivity contribution in [1.82, 2.24) is 19.9 Å². The molecule has 1 aliphatic heterocycles. The summed E-state index contributed by atoms with van der Waals surface area (Å²) in [5, 5.41) is 4.62. The zero-order valence-electron chi connectivity index (χ0n) is 18.6. The number of hydrogen-bond donors (Lipinski definition) is 1. The molecule has 0 spiro atoms. The quantitative estimate of drug-likeness (QED) is 0.376. The van der Waals surface area contributed by atoms with E-state index in [1.165, 1.54) is 0 Å². The second kappa shape index (κ2) is 9.32. The number of benzene rings is 1. The maximum absolute atomic E-state index is 6.09. The number of anilines is 1. The van der Waals surface area contributed by atoms with Crippen LogP contribution in [0.2, 0.25) is 5.02 Å². The summed E-state index contributed by atoms with van der Waals surface area (Å²) in [4.78, 5) is 11.2. The smallest absolute Gasteiger partial charge is 0.174 e. The van der Waals surface area contributed by atoms with Crippen LogP contribution < -0.4 is 19.7 Å². The van der Waals surface area contributed by atoms with Crippen molar-refractivity contribution in [2.75, 3.05) is 19.1 Å². The van der Waals surface area contributed by atoms with E-state index in [-0.39, 0.29) is 12.1 Å². The Morgan fingerprint density at radius 2 is 1.88 bits per heavy atom. The standard InChI is InChI=1S/C25H22ClN5O2S/c1-32-17-9-10-21(33-2)20(14-17)31-24(23(29-25(31)34)18-6-3-4-12-27-18)19-7-5-13-30(19)22-11-8-16(26)15-28-22/h3-15,23-24H,1-2H3,(H,29,34)/t23-,24+/m0/s1. The summed E-state index contributed by atoms with van der Waals surface area (Å²) in [6.07, 6.45) is 5.40. The molecule has 9 heteroatoms. The topological polar surface area (TPSA) is 64.4 Å². The van der Waals surface area contributed by atoms with Crippen molar-refractivity contribution in [1.29, 1.82) is 0 Å². The van der Waals surface area contributed by atoms with Crippen molar-refractivity contribution in [2.24, 2.45) is 0 Å². The number of thiocarbonyl (C=S) groups is 1. The minimum atomic E-state index is -0.254. The van der Waals surface area contributed by atoms with Gasteiger partial charge in [-0.2, -0.15) is 0 Å². The fraction of sp³-hybridized carbons (Fsp3) is 0.160. The number of pyridine rings is 2. The van der Waals surface area contributed by atoms with E-state index >= 15 is 0 Å². The van der Waals surface area contributed by atoms with Gasteiger partial charge in [0.2, 0.25) is 0 Å². The Labute approximate surface area is 207 Å². The number of halogens is 1. The summed E-state index contributed by atoms with van der Waals surface area (Å²) >= 11 is 11.9. The molecule has 34 heavy (non-hydrogen) atoms. The number of nitrogens with one attached hydrogen (secondary N) is 1. The Bertz CT molecular complexity index is 1310. The zero-order valence-corrected chi connectivity index (χ0v) is 20.1. The molecule has 1 aliphatic rings. The second-order valence-corrected chi connectivity index (χ2v) is 8.50. The van der Waals surface area contributed by atoms with E-state index in [2.05, 4.69) is 26.3 Å². The average molecular weight is 492 g/mol. The van der Waals surface area contributed by atoms with Gasteiger partial charge < -0.3 is 24.3 Å². The predicted molar refractivity (Wildman–Crippen MR) is 136 cm³/mol. The molecule has 1 aromatic carbocycles. The van der Waals surface area contributed by atoms with E-state index in [9.17, 15) is 0 Å². The highest BCUT2D eigenvalue weighted by atomic mass is 35.5. The lowest BCUT2D eigenvalue weighted by atomic mass is 10.0. The SMILES string of the molecule is COc1ccc(OC)c(N2C(=S)N[C@@H](c3ccccn3)[C@H]2c2cccn2-c2ccc(Cl)cn2)c1. The Balaban J connectivity index is 1.70. The molecule has 0 saturated carbocycles. The Morgan fingerprint density at radius 1 is 1.00 bits per heavy atom. The molecule has 172 valence electrons. The monoisotopic (exact) mass is 491 g/mol. The lowest BCUT2D eigenvalue weighted by Gasteiger charge is -2.30. The molecule has 0 radical (unpaired) electrons. The van der Waals surface area contributed by atoms with Gasteiger partial charge in [0.15, 0.2) is 5.11 Å². The summed E-state index contributed by atoms with van der Waals surface area (Å²) in [6, 6.07) is 18.8. The van der Waals surface area contributed by atoms with Crippen LogP contribution in [0.1, 0.15) is 23.5 Å². The predicted octanol–water partition coefficient (Wildman–Crippen LogP) is 5.12. The van der Waals surface area contributed by atoms with Crippen LogP contribution in [-0.4, -0.2) is 33.9 Å². The molecule has 5 rings (SSSR count). The summed E-state index contributed by atoms with van der Waals surface area (Å²) in [5.41, 5.74) is 2.64. The highest BCUT2D eigenvalue weighted by molar-refractivity contribution is 7.80. The van der Waals surface area contributed by atoms with Crippen molar-refractivity contribution in [2.45, 2.75) is 12.1 Å². The van der Waals surface area contributed by atoms with E-state index in [4.69, 9.17) is 33.3 Å². The minimum Gasteiger partial charge on any atom is -0.497 e. The summed E-state index contributed by atoms with van der Waals surface area (Å²) in [6.45, 7) is 0. The Kier molecular flexibility index (Phi) is 6.08. The summed E-state index contributed by atoms with van der Waals surface area (Å²) in [5.74, 6) is 2.13. The van der Waals surface area contributed by atoms with Crippen LogP contribution in [0.5, 0.6) is 11.5 Å². The van der Waals surface area contributed by atoms with Crippen molar-refractivity contribution < 1.29 is 9.47 Å². The minimum absolute atomic E-state index is 0.217. The van der Waals surface area contributed by atoms with E-state index in [1.807, 2.05) is 65.4 Å². The van der Waals surface area contributed by atoms with Gasteiger partial charge in [0.1, 0.15) is 23.4 Å². The molecule has 0 amide bonds. The highest BCUT2D eigenvalue weighted by Gasteiger charge is 2.43. The average Bonchev–Trinajstić information content (AvgIpc) is 3.49. The van der Waals surface area contributed by atoms with Gasteiger partial charge in [-0.05, 0) is 60.7 Å². The molecule has 1 saturated heterocycles. The molecule has 4 heterocycles. The van der Waals surface area contributed by atoms with Gasteiger partial charge in [-0.25, -0.2) is 4.98 Å². The maximum atomic E-state index is 6.09. The van der Waals surface area contributed by atoms with Crippen molar-refractivity contribution in [3.8, 4) is 17.3 Å². The first-order valence-corrected chi connectivity index (χ1v) is 11.4. The molecule has 2 atom stereocenters. The number of aromatic nitrogens is 3. The first-order chi connectivity index (χ1) is 16.6. The summed E-state index contributed by atoms with van der Waals surface area (Å²) in [7, 11) is 3.28. The van der Waals surface area contributed by atoms with Crippen LogP contribution in [0.4, 0.5) is 5.69 Å². The van der Waals surface area contributed by atoms with Crippen molar-refractivity contribution in [3.63, 3.8) is 0 Å². The van der Waals surface area contributed by atoms with Gasteiger partial charge in [-0.1, -0.05) is 17.7 Å². The number of methoxy groups -OCH3 is 2. The molecule has 0 aliphatic carbocycles. The molecule has 3 aromatic heterocycles. The number of nitrogens with zero attached hydrogens (tertiary/aromatic N) is 4. The van der Waals surface area contributed by atoms with E-state index in [0.29, 0.717) is 21.6 Å². The molecule has 1 N–H and O–H groups in total. The Hall–Kier alpha value is -3.62. The van der Waals surface area contributed by atoms with Gasteiger partial charge >= 0.3 is 0 Å². The van der Waals surface area contributed by atoms with Crippen molar-refractivity contribution in [3.05, 3.63) is 95.7 Å². The first-order valence-electron chi connectivity index (χ1n) is 10.6. The maximum Gasteiger partial charge on any atom is 0.174 e. The highest BCUT2D eigenvalue weighted by Crippen LogP contribution is 2.45. The van der Waals surface area contributed by atoms with E-state index in [0.717, 1.165) is 22.9 Å². The van der Waals surface area contributed by atoms with E-state index < -0.39 is 0 Å². The third-order valence-corrected chi connectivity index (χ3v) is 6.32. The van der Waals surface area contributed by atoms with Crippen LogP contribution in [-0.2, 0) is 0 Å². The van der Waals surface area contributed by atoms with Crippen LogP contribution in [0.3, 0.4) is 0 Å². The largest absolute Gasteiger partial charge is 0.497 e. The fourth-order valence-electron chi connectivity index (χ4n) is 4.25. The van der Waals surface area contributed by atoms with Crippen LogP contribution in [0, 0.1) is 0 Å². The molecular weight excluding hydrogens is 470 g/mol. The first kappa shape index (κ1) is 22.2. The molecule has 7 nitrogen and oxygen atoms in total. The zero-order chi connectivity index (χ0) is 23.7. The molecule has 4 aromatic rings. The number of ether oxygens (including phenoxy) is 2. The molecule has 0 bridgehead atoms. The number of hydrogen-bond acceptors (Lipinski definition) is 5. The lowest BCUT2D eigenvalue weighted by molar-refractivity contribution is 0.402. The van der Waals surface area contributed by atoms with Crippen LogP contribution in [0.25, 0.3) is 5.82 Å². The third kappa shape index (κ3) is 3.95. The summed E-state index contributed by atoms with van der Waals surface area (Å²) < 4.78 is 13.2. The molecule has 1 fully saturated rings. The van der Waals surface area contributed by atoms with Gasteiger partial charge in [0.25, 0.3) is 0 Å². The molecular formula is C25H22ClN5O2S. The normalized spacial score (nSPS) is 17.5. The van der Waals surface area contributed by atoms with Crippen molar-refractivity contribution >= 4 is 34.6 Å².